The van der Waals surface area contributed by atoms with Crippen LogP contribution in [0.5, 0.6) is 0 Å². The average molecular weight is 370 g/mol. The van der Waals surface area contributed by atoms with Gasteiger partial charge in [0.25, 0.3) is 0 Å². The number of amides is 1. The number of anilines is 1. The van der Waals surface area contributed by atoms with Crippen LogP contribution in [0.3, 0.4) is 0 Å². The van der Waals surface area contributed by atoms with Crippen LogP contribution in [-0.4, -0.2) is 37.5 Å². The summed E-state index contributed by atoms with van der Waals surface area (Å²) in [7, 11) is -3.39. The number of rotatable bonds is 3. The molecule has 1 atom stereocenters. The fraction of sp³-hybridized carbons (Fsp3) is 0.350. The maximum Gasteiger partial charge on any atom is 0.242 e. The first kappa shape index (κ1) is 17.2. The van der Waals surface area contributed by atoms with Gasteiger partial charge in [-0.1, -0.05) is 36.8 Å². The van der Waals surface area contributed by atoms with Crippen molar-refractivity contribution in [2.75, 3.05) is 18.1 Å². The first-order valence-electron chi connectivity index (χ1n) is 8.92. The number of nitrogens with one attached hydrogen (secondary N) is 1. The van der Waals surface area contributed by atoms with E-state index >= 15 is 0 Å². The number of fused-ring (bicyclic) bond motifs is 3. The molecule has 0 aromatic heterocycles. The molecule has 136 valence electrons. The Morgan fingerprint density at radius 1 is 1.08 bits per heavy atom. The molecule has 1 N–H and O–H groups in total. The highest BCUT2D eigenvalue weighted by Gasteiger charge is 2.34. The van der Waals surface area contributed by atoms with Gasteiger partial charge >= 0.3 is 0 Å². The Bertz CT molecular complexity index is 969. The van der Waals surface area contributed by atoms with Gasteiger partial charge in [0.2, 0.25) is 15.9 Å². The molecule has 0 saturated carbocycles. The van der Waals surface area contributed by atoms with Crippen LogP contribution in [0, 0.1) is 0 Å². The van der Waals surface area contributed by atoms with Crippen LogP contribution in [0.15, 0.2) is 42.5 Å². The van der Waals surface area contributed by atoms with Gasteiger partial charge in [-0.25, -0.2) is 8.42 Å². The number of benzene rings is 2. The van der Waals surface area contributed by atoms with Gasteiger partial charge in [-0.15, -0.1) is 0 Å². The molecule has 1 amide bonds. The zero-order chi connectivity index (χ0) is 18.3. The van der Waals surface area contributed by atoms with E-state index in [1.165, 1.54) is 32.8 Å². The van der Waals surface area contributed by atoms with Crippen molar-refractivity contribution >= 4 is 21.6 Å². The van der Waals surface area contributed by atoms with E-state index in [9.17, 15) is 13.2 Å². The SMILES string of the molecule is CS(=O)(=O)N1CCCCC1C(=O)Nc1ccc2c(c1)Cc1ccccc1-2. The molecule has 1 aliphatic heterocycles. The molecular weight excluding hydrogens is 348 g/mol. The summed E-state index contributed by atoms with van der Waals surface area (Å²) in [4.78, 5) is 12.7. The molecular formula is C20H22N2O3S. The van der Waals surface area contributed by atoms with Crippen molar-refractivity contribution in [2.45, 2.75) is 31.7 Å². The number of sulfonamides is 1. The molecule has 1 fully saturated rings. The summed E-state index contributed by atoms with van der Waals surface area (Å²) in [5, 5.41) is 2.93. The Labute approximate surface area is 154 Å². The molecule has 1 aliphatic carbocycles. The smallest absolute Gasteiger partial charge is 0.242 e. The molecule has 2 aliphatic rings. The summed E-state index contributed by atoms with van der Waals surface area (Å²) >= 11 is 0. The van der Waals surface area contributed by atoms with Gasteiger partial charge in [0.15, 0.2) is 0 Å². The molecule has 4 rings (SSSR count). The second-order valence-corrected chi connectivity index (χ2v) is 9.02. The quantitative estimate of drug-likeness (QED) is 0.771. The van der Waals surface area contributed by atoms with Crippen molar-refractivity contribution in [1.29, 1.82) is 0 Å². The normalized spacial score (nSPS) is 19.7. The van der Waals surface area contributed by atoms with Crippen molar-refractivity contribution in [3.8, 4) is 11.1 Å². The van der Waals surface area contributed by atoms with Crippen LogP contribution in [0.2, 0.25) is 0 Å². The fourth-order valence-electron chi connectivity index (χ4n) is 4.01. The summed E-state index contributed by atoms with van der Waals surface area (Å²) in [6, 6.07) is 13.6. The van der Waals surface area contributed by atoms with Crippen LogP contribution >= 0.6 is 0 Å². The Morgan fingerprint density at radius 2 is 1.85 bits per heavy atom. The Morgan fingerprint density at radius 3 is 2.65 bits per heavy atom. The number of carbonyl (C=O) groups is 1. The van der Waals surface area contributed by atoms with Crippen LogP contribution in [0.1, 0.15) is 30.4 Å². The predicted molar refractivity (Wildman–Crippen MR) is 103 cm³/mol. The van der Waals surface area contributed by atoms with Crippen LogP contribution in [0.4, 0.5) is 5.69 Å². The van der Waals surface area contributed by atoms with E-state index in [1.54, 1.807) is 0 Å². The van der Waals surface area contributed by atoms with Gasteiger partial charge in [0.1, 0.15) is 6.04 Å². The van der Waals surface area contributed by atoms with Gasteiger partial charge in [-0.3, -0.25) is 4.79 Å². The largest absolute Gasteiger partial charge is 0.325 e. The summed E-state index contributed by atoms with van der Waals surface area (Å²) in [6.45, 7) is 0.413. The Hall–Kier alpha value is -2.18. The minimum Gasteiger partial charge on any atom is -0.325 e. The molecule has 1 saturated heterocycles. The molecule has 2 aromatic carbocycles. The number of hydrogen-bond donors (Lipinski definition) is 1. The molecule has 1 unspecified atom stereocenters. The van der Waals surface area contributed by atoms with E-state index in [0.717, 1.165) is 24.9 Å². The maximum absolute atomic E-state index is 12.7. The van der Waals surface area contributed by atoms with E-state index < -0.39 is 16.1 Å². The highest BCUT2D eigenvalue weighted by atomic mass is 32.2. The lowest BCUT2D eigenvalue weighted by Gasteiger charge is -2.32. The lowest BCUT2D eigenvalue weighted by molar-refractivity contribution is -0.120. The molecule has 6 heteroatoms. The Balaban J connectivity index is 1.55. The highest BCUT2D eigenvalue weighted by molar-refractivity contribution is 7.88. The molecule has 5 nitrogen and oxygen atoms in total. The van der Waals surface area contributed by atoms with E-state index in [0.29, 0.717) is 13.0 Å². The zero-order valence-corrected chi connectivity index (χ0v) is 15.6. The standard InChI is InChI=1S/C20H22N2O3S/c1-26(24,25)22-11-5-4-8-19(22)20(23)21-16-9-10-18-15(13-16)12-14-6-2-3-7-17(14)18/h2-3,6-7,9-10,13,19H,4-5,8,11-12H2,1H3,(H,21,23). The van der Waals surface area contributed by atoms with Crippen molar-refractivity contribution in [1.82, 2.24) is 4.31 Å². The predicted octanol–water partition coefficient (Wildman–Crippen LogP) is 3.01. The van der Waals surface area contributed by atoms with Crippen LogP contribution in [-0.2, 0) is 21.2 Å². The van der Waals surface area contributed by atoms with E-state index in [-0.39, 0.29) is 5.91 Å². The summed E-state index contributed by atoms with van der Waals surface area (Å²) < 4.78 is 25.3. The lowest BCUT2D eigenvalue weighted by Crippen LogP contribution is -2.49. The van der Waals surface area contributed by atoms with Gasteiger partial charge in [-0.05, 0) is 53.6 Å². The number of hydrogen-bond acceptors (Lipinski definition) is 3. The van der Waals surface area contributed by atoms with E-state index in [1.807, 2.05) is 30.3 Å². The third-order valence-corrected chi connectivity index (χ3v) is 6.53. The van der Waals surface area contributed by atoms with Crippen molar-refractivity contribution in [3.63, 3.8) is 0 Å². The fourth-order valence-corrected chi connectivity index (χ4v) is 5.14. The monoisotopic (exact) mass is 370 g/mol. The van der Waals surface area contributed by atoms with Gasteiger partial charge in [0, 0.05) is 12.2 Å². The minimum absolute atomic E-state index is 0.245. The van der Waals surface area contributed by atoms with Crippen molar-refractivity contribution < 1.29 is 13.2 Å². The summed E-state index contributed by atoms with van der Waals surface area (Å²) in [6.07, 6.45) is 4.26. The van der Waals surface area contributed by atoms with Gasteiger partial charge in [0.05, 0.1) is 6.26 Å². The maximum atomic E-state index is 12.7. The van der Waals surface area contributed by atoms with Crippen molar-refractivity contribution in [3.05, 3.63) is 53.6 Å². The van der Waals surface area contributed by atoms with Crippen LogP contribution < -0.4 is 5.32 Å². The van der Waals surface area contributed by atoms with E-state index in [4.69, 9.17) is 0 Å². The third kappa shape index (κ3) is 3.15. The number of piperidine rings is 1. The first-order valence-corrected chi connectivity index (χ1v) is 10.8. The topological polar surface area (TPSA) is 66.5 Å². The van der Waals surface area contributed by atoms with Gasteiger partial charge in [-0.2, -0.15) is 4.31 Å². The molecule has 1 heterocycles. The minimum atomic E-state index is -3.39. The molecule has 26 heavy (non-hydrogen) atoms. The Kier molecular flexibility index (Phi) is 4.32. The second-order valence-electron chi connectivity index (χ2n) is 7.08. The van der Waals surface area contributed by atoms with E-state index in [2.05, 4.69) is 17.4 Å². The summed E-state index contributed by atoms with van der Waals surface area (Å²) in [5.41, 5.74) is 5.65. The van der Waals surface area contributed by atoms with Gasteiger partial charge < -0.3 is 5.32 Å². The molecule has 0 radical (unpaired) electrons. The average Bonchev–Trinajstić information content (AvgIpc) is 2.98. The summed E-state index contributed by atoms with van der Waals surface area (Å²) in [5.74, 6) is -0.245. The lowest BCUT2D eigenvalue weighted by atomic mass is 10.0. The van der Waals surface area contributed by atoms with Crippen molar-refractivity contribution in [2.24, 2.45) is 0 Å². The highest BCUT2D eigenvalue weighted by Crippen LogP contribution is 2.37. The second kappa shape index (κ2) is 6.52. The number of nitrogens with zero attached hydrogens (tertiary/aromatic N) is 1. The third-order valence-electron chi connectivity index (χ3n) is 5.24. The molecule has 0 spiro atoms. The molecule has 0 bridgehead atoms. The first-order chi connectivity index (χ1) is 12.4. The molecule has 2 aromatic rings. The zero-order valence-electron chi connectivity index (χ0n) is 14.7. The number of carbonyl (C=O) groups excluding carboxylic acids is 1. The van der Waals surface area contributed by atoms with Crippen LogP contribution in [0.25, 0.3) is 11.1 Å².